The molecule has 5 heteroatoms. The lowest BCUT2D eigenvalue weighted by Gasteiger charge is -2.09. The summed E-state index contributed by atoms with van der Waals surface area (Å²) in [5.74, 6) is -1.82. The molecular formula is C15H12BrNO3. The number of anilines is 1. The number of benzene rings is 2. The van der Waals surface area contributed by atoms with Gasteiger partial charge in [0.05, 0.1) is 10.5 Å². The Hall–Kier alpha value is -2.14. The van der Waals surface area contributed by atoms with Crippen molar-refractivity contribution in [2.45, 2.75) is 6.42 Å². The molecule has 2 rings (SSSR count). The molecule has 2 aromatic carbocycles. The van der Waals surface area contributed by atoms with Gasteiger partial charge in [-0.15, -0.1) is 0 Å². The van der Waals surface area contributed by atoms with Crippen LogP contribution in [0.3, 0.4) is 0 Å². The molecule has 3 N–H and O–H groups in total. The van der Waals surface area contributed by atoms with E-state index in [1.807, 2.05) is 0 Å². The number of ketones is 1. The predicted molar refractivity (Wildman–Crippen MR) is 79.8 cm³/mol. The third-order valence-electron chi connectivity index (χ3n) is 2.66. The van der Waals surface area contributed by atoms with Crippen LogP contribution in [0.2, 0.25) is 0 Å². The van der Waals surface area contributed by atoms with E-state index in [0.717, 1.165) is 4.47 Å². The molecule has 0 atom stereocenters. The van der Waals surface area contributed by atoms with Crippen molar-refractivity contribution in [1.82, 2.24) is 0 Å². The Kier molecular flexibility index (Phi) is 3.12. The molecule has 0 fully saturated rings. The maximum Gasteiger partial charge on any atom is 0.307 e. The molecule has 4 nitrogen and oxygen atoms in total. The topological polar surface area (TPSA) is 80.4 Å². The number of hydrogen-bond acceptors (Lipinski definition) is 3. The minimum atomic E-state index is -1.23. The Labute approximate surface area is 128 Å². The molecule has 0 saturated carbocycles. The lowest BCUT2D eigenvalue weighted by Crippen LogP contribution is -2.10. The smallest absolute Gasteiger partial charge is 0.307 e. The van der Waals surface area contributed by atoms with E-state index >= 15 is 0 Å². The van der Waals surface area contributed by atoms with Crippen LogP contribution in [0, 0.1) is 0 Å². The summed E-state index contributed by atoms with van der Waals surface area (Å²) >= 11 is 3.25. The number of nitrogens with two attached hydrogens (primary N) is 1. The van der Waals surface area contributed by atoms with E-state index in [4.69, 9.17) is 15.0 Å². The standard InChI is InChI=1S/C15H12BrNO3/c16-11-6-4-9(5-7-11)15(20)12-3-1-2-10(14(12)17)8-13(18)19/h1-7H,8,17H2,(H,18,19)/i1D,2D,3D. The summed E-state index contributed by atoms with van der Waals surface area (Å²) in [4.78, 5) is 23.5. The molecule has 0 bridgehead atoms. The molecule has 20 heavy (non-hydrogen) atoms. The van der Waals surface area contributed by atoms with Gasteiger partial charge in [-0.25, -0.2) is 0 Å². The highest BCUT2D eigenvalue weighted by atomic mass is 79.9. The highest BCUT2D eigenvalue weighted by molar-refractivity contribution is 9.10. The first-order valence-electron chi connectivity index (χ1n) is 7.14. The Bertz CT molecular complexity index is 807. The highest BCUT2D eigenvalue weighted by Gasteiger charge is 2.15. The van der Waals surface area contributed by atoms with Gasteiger partial charge in [0.2, 0.25) is 0 Å². The van der Waals surface area contributed by atoms with E-state index in [1.165, 1.54) is 12.1 Å². The van der Waals surface area contributed by atoms with Crippen LogP contribution in [0.4, 0.5) is 5.69 Å². The fourth-order valence-corrected chi connectivity index (χ4v) is 1.93. The van der Waals surface area contributed by atoms with Crippen molar-refractivity contribution in [3.05, 3.63) is 63.6 Å². The van der Waals surface area contributed by atoms with Gasteiger partial charge in [0.1, 0.15) is 0 Å². The summed E-state index contributed by atoms with van der Waals surface area (Å²) in [6.45, 7) is 0. The second-order valence-corrected chi connectivity index (χ2v) is 4.96. The molecule has 0 aliphatic heterocycles. The molecular weight excluding hydrogens is 322 g/mol. The van der Waals surface area contributed by atoms with Gasteiger partial charge < -0.3 is 10.8 Å². The minimum Gasteiger partial charge on any atom is -0.481 e. The number of carboxylic acid groups (broad SMARTS) is 1. The SMILES string of the molecule is [2H]c1c([2H])c(CC(=O)O)c(N)c(C(=O)c2ccc(Br)cc2)c1[2H]. The third-order valence-corrected chi connectivity index (χ3v) is 3.19. The van der Waals surface area contributed by atoms with E-state index in [1.54, 1.807) is 12.1 Å². The predicted octanol–water partition coefficient (Wildman–Crippen LogP) is 2.89. The molecule has 0 amide bonds. The fourth-order valence-electron chi connectivity index (χ4n) is 1.67. The minimum absolute atomic E-state index is 0.126. The van der Waals surface area contributed by atoms with Crippen molar-refractivity contribution in [2.24, 2.45) is 0 Å². The summed E-state index contributed by atoms with van der Waals surface area (Å²) in [5, 5.41) is 8.92. The zero-order valence-electron chi connectivity index (χ0n) is 13.2. The molecule has 0 aliphatic carbocycles. The monoisotopic (exact) mass is 336 g/mol. The maximum absolute atomic E-state index is 12.6. The van der Waals surface area contributed by atoms with Crippen LogP contribution >= 0.6 is 15.9 Å². The Morgan fingerprint density at radius 2 is 1.90 bits per heavy atom. The lowest BCUT2D eigenvalue weighted by atomic mass is 9.98. The van der Waals surface area contributed by atoms with Gasteiger partial charge in [-0.2, -0.15) is 0 Å². The van der Waals surface area contributed by atoms with E-state index in [9.17, 15) is 9.59 Å². The van der Waals surface area contributed by atoms with Crippen molar-refractivity contribution in [3.8, 4) is 0 Å². The average molecular weight is 337 g/mol. The van der Waals surface area contributed by atoms with Crippen molar-refractivity contribution >= 4 is 33.4 Å². The summed E-state index contributed by atoms with van der Waals surface area (Å²) in [7, 11) is 0. The summed E-state index contributed by atoms with van der Waals surface area (Å²) in [6.07, 6.45) is -0.586. The second kappa shape index (κ2) is 5.88. The molecule has 0 aromatic heterocycles. The van der Waals surface area contributed by atoms with Crippen molar-refractivity contribution < 1.29 is 18.8 Å². The van der Waals surface area contributed by atoms with Gasteiger partial charge in [-0.05, 0) is 35.9 Å². The summed E-state index contributed by atoms with van der Waals surface area (Å²) in [6, 6.07) is 4.91. The van der Waals surface area contributed by atoms with Gasteiger partial charge in [0.15, 0.2) is 5.78 Å². The van der Waals surface area contributed by atoms with Crippen LogP contribution in [0.5, 0.6) is 0 Å². The number of rotatable bonds is 4. The fraction of sp³-hybridized carbons (Fsp3) is 0.0667. The Balaban J connectivity index is 2.66. The van der Waals surface area contributed by atoms with Crippen LogP contribution in [0.15, 0.2) is 46.9 Å². The molecule has 0 unspecified atom stereocenters. The average Bonchev–Trinajstić information content (AvgIpc) is 2.50. The molecule has 0 heterocycles. The lowest BCUT2D eigenvalue weighted by molar-refractivity contribution is -0.136. The molecule has 2 aromatic rings. The largest absolute Gasteiger partial charge is 0.481 e. The number of nitrogen functional groups attached to an aromatic ring is 1. The van der Waals surface area contributed by atoms with E-state index < -0.39 is 36.3 Å². The van der Waals surface area contributed by atoms with Crippen LogP contribution in [0.1, 0.15) is 25.6 Å². The van der Waals surface area contributed by atoms with Gasteiger partial charge >= 0.3 is 5.97 Å². The van der Waals surface area contributed by atoms with E-state index in [0.29, 0.717) is 0 Å². The first-order valence-corrected chi connectivity index (χ1v) is 6.43. The van der Waals surface area contributed by atoms with Gasteiger partial charge in [-0.3, -0.25) is 9.59 Å². The van der Waals surface area contributed by atoms with Crippen molar-refractivity contribution in [3.63, 3.8) is 0 Å². The molecule has 0 aliphatic rings. The van der Waals surface area contributed by atoms with Gasteiger partial charge in [0, 0.05) is 21.3 Å². The molecule has 102 valence electrons. The number of halogens is 1. The van der Waals surface area contributed by atoms with Gasteiger partial charge in [-0.1, -0.05) is 28.0 Å². The summed E-state index contributed by atoms with van der Waals surface area (Å²) < 4.78 is 24.2. The first-order chi connectivity index (χ1) is 10.7. The van der Waals surface area contributed by atoms with E-state index in [2.05, 4.69) is 15.9 Å². The Morgan fingerprint density at radius 1 is 1.25 bits per heavy atom. The number of carbonyl (C=O) groups is 2. The summed E-state index contributed by atoms with van der Waals surface area (Å²) in [5.41, 5.74) is 5.51. The quantitative estimate of drug-likeness (QED) is 0.664. The second-order valence-electron chi connectivity index (χ2n) is 4.05. The normalized spacial score (nSPS) is 12.3. The van der Waals surface area contributed by atoms with Crippen LogP contribution in [-0.4, -0.2) is 16.9 Å². The van der Waals surface area contributed by atoms with Gasteiger partial charge in [0.25, 0.3) is 0 Å². The molecule has 0 saturated heterocycles. The number of aliphatic carboxylic acids is 1. The Morgan fingerprint density at radius 3 is 2.50 bits per heavy atom. The third kappa shape index (κ3) is 3.05. The highest BCUT2D eigenvalue weighted by Crippen LogP contribution is 2.22. The maximum atomic E-state index is 12.6. The molecule has 0 spiro atoms. The van der Waals surface area contributed by atoms with Crippen LogP contribution in [-0.2, 0) is 11.2 Å². The van der Waals surface area contributed by atoms with Crippen molar-refractivity contribution in [2.75, 3.05) is 5.73 Å². The van der Waals surface area contributed by atoms with Crippen LogP contribution < -0.4 is 5.73 Å². The first kappa shape index (κ1) is 10.6. The van der Waals surface area contributed by atoms with Crippen molar-refractivity contribution in [1.29, 1.82) is 0 Å². The van der Waals surface area contributed by atoms with E-state index in [-0.39, 0.29) is 22.4 Å². The number of para-hydroxylation sites is 1. The van der Waals surface area contributed by atoms with Crippen LogP contribution in [0.25, 0.3) is 0 Å². The molecule has 0 radical (unpaired) electrons. The zero-order chi connectivity index (χ0) is 17.3. The zero-order valence-corrected chi connectivity index (χ0v) is 11.8. The number of carboxylic acids is 1. The number of hydrogen-bond donors (Lipinski definition) is 2. The number of carbonyl (C=O) groups excluding carboxylic acids is 1.